The minimum Gasteiger partial charge on any atom is -0.328 e. The molecule has 2 heteroatoms. The summed E-state index contributed by atoms with van der Waals surface area (Å²) in [4.78, 5) is 2.47. The van der Waals surface area contributed by atoms with Crippen molar-refractivity contribution in [2.45, 2.75) is 45.1 Å². The zero-order valence-corrected chi connectivity index (χ0v) is 9.13. The van der Waals surface area contributed by atoms with Crippen molar-refractivity contribution in [3.8, 4) is 0 Å². The van der Waals surface area contributed by atoms with E-state index in [1.165, 1.54) is 45.2 Å². The lowest BCUT2D eigenvalue weighted by molar-refractivity contribution is 0.310. The highest BCUT2D eigenvalue weighted by Gasteiger charge is 2.22. The molecule has 0 radical (unpaired) electrons. The van der Waals surface area contributed by atoms with Gasteiger partial charge < -0.3 is 10.6 Å². The van der Waals surface area contributed by atoms with Gasteiger partial charge in [0.2, 0.25) is 0 Å². The van der Waals surface area contributed by atoms with Crippen LogP contribution in [0, 0.1) is 5.92 Å². The highest BCUT2D eigenvalue weighted by atomic mass is 15.1. The van der Waals surface area contributed by atoms with Gasteiger partial charge in [0.1, 0.15) is 0 Å². The summed E-state index contributed by atoms with van der Waals surface area (Å²) in [5, 5.41) is 0. The molecule has 13 heavy (non-hydrogen) atoms. The van der Waals surface area contributed by atoms with Crippen LogP contribution in [0.2, 0.25) is 0 Å². The largest absolute Gasteiger partial charge is 0.328 e. The van der Waals surface area contributed by atoms with E-state index >= 15 is 0 Å². The van der Waals surface area contributed by atoms with Gasteiger partial charge in [-0.15, -0.1) is 0 Å². The molecule has 0 bridgehead atoms. The van der Waals surface area contributed by atoms with E-state index in [0.29, 0.717) is 6.04 Å². The zero-order valence-electron chi connectivity index (χ0n) is 9.13. The highest BCUT2D eigenvalue weighted by Crippen LogP contribution is 2.29. The predicted molar refractivity (Wildman–Crippen MR) is 57.7 cm³/mol. The van der Waals surface area contributed by atoms with Crippen molar-refractivity contribution in [2.75, 3.05) is 20.1 Å². The number of rotatable bonds is 7. The lowest BCUT2D eigenvalue weighted by Gasteiger charge is -2.16. The lowest BCUT2D eigenvalue weighted by atomic mass is 10.1. The first kappa shape index (κ1) is 11.0. The van der Waals surface area contributed by atoms with E-state index in [-0.39, 0.29) is 0 Å². The van der Waals surface area contributed by atoms with Crippen LogP contribution in [-0.4, -0.2) is 31.1 Å². The fraction of sp³-hybridized carbons (Fsp3) is 1.00. The standard InChI is InChI=1S/C11H24N2/c1-10(12)5-3-4-8-13(2)9-11-6-7-11/h10-11H,3-9,12H2,1-2H3. The molecule has 0 aromatic rings. The second-order valence-corrected chi connectivity index (χ2v) is 4.68. The van der Waals surface area contributed by atoms with E-state index in [2.05, 4.69) is 18.9 Å². The van der Waals surface area contributed by atoms with Crippen LogP contribution in [0.5, 0.6) is 0 Å². The number of nitrogens with two attached hydrogens (primary N) is 1. The molecule has 0 aromatic carbocycles. The number of hydrogen-bond donors (Lipinski definition) is 1. The fourth-order valence-electron chi connectivity index (χ4n) is 1.68. The van der Waals surface area contributed by atoms with Gasteiger partial charge in [-0.3, -0.25) is 0 Å². The summed E-state index contributed by atoms with van der Waals surface area (Å²) in [7, 11) is 2.24. The Kier molecular flexibility index (Phi) is 4.74. The Morgan fingerprint density at radius 1 is 1.38 bits per heavy atom. The van der Waals surface area contributed by atoms with Gasteiger partial charge in [-0.25, -0.2) is 0 Å². The summed E-state index contributed by atoms with van der Waals surface area (Å²) in [6, 6.07) is 0.383. The van der Waals surface area contributed by atoms with Crippen LogP contribution in [0.3, 0.4) is 0 Å². The smallest absolute Gasteiger partial charge is 0.00104 e. The maximum Gasteiger partial charge on any atom is 0.00104 e. The van der Waals surface area contributed by atoms with Crippen LogP contribution in [-0.2, 0) is 0 Å². The van der Waals surface area contributed by atoms with Gasteiger partial charge in [0.25, 0.3) is 0 Å². The molecule has 1 fully saturated rings. The molecule has 0 heterocycles. The molecule has 2 nitrogen and oxygen atoms in total. The summed E-state index contributed by atoms with van der Waals surface area (Å²) in [6.07, 6.45) is 6.70. The summed E-state index contributed by atoms with van der Waals surface area (Å²) in [6.45, 7) is 4.66. The minimum absolute atomic E-state index is 0.383. The molecule has 1 aliphatic carbocycles. The van der Waals surface area contributed by atoms with Gasteiger partial charge in [0.15, 0.2) is 0 Å². The first-order chi connectivity index (χ1) is 6.18. The summed E-state index contributed by atoms with van der Waals surface area (Å²) in [5.74, 6) is 1.03. The monoisotopic (exact) mass is 184 g/mol. The Bertz CT molecular complexity index is 130. The SMILES string of the molecule is CC(N)CCCCN(C)CC1CC1. The molecule has 0 aromatic heterocycles. The topological polar surface area (TPSA) is 29.3 Å². The number of nitrogens with zero attached hydrogens (tertiary/aromatic N) is 1. The van der Waals surface area contributed by atoms with E-state index in [1.54, 1.807) is 0 Å². The van der Waals surface area contributed by atoms with Crippen LogP contribution in [0.15, 0.2) is 0 Å². The molecule has 1 atom stereocenters. The van der Waals surface area contributed by atoms with Crippen LogP contribution in [0.4, 0.5) is 0 Å². The molecular formula is C11H24N2. The first-order valence-corrected chi connectivity index (χ1v) is 5.62. The maximum absolute atomic E-state index is 5.69. The molecule has 2 N–H and O–H groups in total. The normalized spacial score (nSPS) is 19.4. The molecule has 1 saturated carbocycles. The van der Waals surface area contributed by atoms with Gasteiger partial charge in [0, 0.05) is 12.6 Å². The number of unbranched alkanes of at least 4 members (excludes halogenated alkanes) is 1. The number of hydrogen-bond acceptors (Lipinski definition) is 2. The van der Waals surface area contributed by atoms with Gasteiger partial charge in [-0.2, -0.15) is 0 Å². The summed E-state index contributed by atoms with van der Waals surface area (Å²) >= 11 is 0. The molecule has 0 spiro atoms. The van der Waals surface area contributed by atoms with E-state index in [4.69, 9.17) is 5.73 Å². The second kappa shape index (κ2) is 5.61. The maximum atomic E-state index is 5.69. The Morgan fingerprint density at radius 2 is 2.08 bits per heavy atom. The van der Waals surface area contributed by atoms with Crippen LogP contribution in [0.25, 0.3) is 0 Å². The van der Waals surface area contributed by atoms with Crippen molar-refractivity contribution < 1.29 is 0 Å². The zero-order chi connectivity index (χ0) is 9.68. The Balaban J connectivity index is 1.85. The highest BCUT2D eigenvalue weighted by molar-refractivity contribution is 4.75. The van der Waals surface area contributed by atoms with Crippen LogP contribution < -0.4 is 5.73 Å². The van der Waals surface area contributed by atoms with E-state index in [1.807, 2.05) is 0 Å². The molecular weight excluding hydrogens is 160 g/mol. The van der Waals surface area contributed by atoms with E-state index in [0.717, 1.165) is 5.92 Å². The molecule has 0 aliphatic heterocycles. The Hall–Kier alpha value is -0.0800. The summed E-state index contributed by atoms with van der Waals surface area (Å²) in [5.41, 5.74) is 5.69. The van der Waals surface area contributed by atoms with E-state index in [9.17, 15) is 0 Å². The van der Waals surface area contributed by atoms with Gasteiger partial charge in [-0.1, -0.05) is 6.42 Å². The summed E-state index contributed by atoms with van der Waals surface area (Å²) < 4.78 is 0. The average Bonchev–Trinajstić information content (AvgIpc) is 2.81. The van der Waals surface area contributed by atoms with Gasteiger partial charge >= 0.3 is 0 Å². The van der Waals surface area contributed by atoms with E-state index < -0.39 is 0 Å². The Labute approximate surface area is 82.5 Å². The predicted octanol–water partition coefficient (Wildman–Crippen LogP) is 1.85. The van der Waals surface area contributed by atoms with Crippen molar-refractivity contribution >= 4 is 0 Å². The minimum atomic E-state index is 0.383. The van der Waals surface area contributed by atoms with Crippen molar-refractivity contribution in [1.82, 2.24) is 4.90 Å². The van der Waals surface area contributed by atoms with Crippen LogP contribution >= 0.6 is 0 Å². The van der Waals surface area contributed by atoms with Crippen molar-refractivity contribution in [2.24, 2.45) is 11.7 Å². The molecule has 0 amide bonds. The quantitative estimate of drug-likeness (QED) is 0.612. The third kappa shape index (κ3) is 6.05. The van der Waals surface area contributed by atoms with Crippen LogP contribution in [0.1, 0.15) is 39.0 Å². The average molecular weight is 184 g/mol. The van der Waals surface area contributed by atoms with Crippen molar-refractivity contribution in [1.29, 1.82) is 0 Å². The third-order valence-corrected chi connectivity index (χ3v) is 2.72. The Morgan fingerprint density at radius 3 is 2.62 bits per heavy atom. The fourth-order valence-corrected chi connectivity index (χ4v) is 1.68. The first-order valence-electron chi connectivity index (χ1n) is 5.62. The third-order valence-electron chi connectivity index (χ3n) is 2.72. The molecule has 1 aliphatic rings. The lowest BCUT2D eigenvalue weighted by Crippen LogP contribution is -2.22. The second-order valence-electron chi connectivity index (χ2n) is 4.68. The molecule has 1 rings (SSSR count). The molecule has 1 unspecified atom stereocenters. The van der Waals surface area contributed by atoms with Gasteiger partial charge in [-0.05, 0) is 52.1 Å². The van der Waals surface area contributed by atoms with Gasteiger partial charge in [0.05, 0.1) is 0 Å². The van der Waals surface area contributed by atoms with Crippen molar-refractivity contribution in [3.05, 3.63) is 0 Å². The molecule has 0 saturated heterocycles. The molecule has 78 valence electrons. The van der Waals surface area contributed by atoms with Crippen molar-refractivity contribution in [3.63, 3.8) is 0 Å².